The van der Waals surface area contributed by atoms with E-state index in [1.165, 1.54) is 44.3 Å². The summed E-state index contributed by atoms with van der Waals surface area (Å²) in [5.41, 5.74) is -0.933. The highest BCUT2D eigenvalue weighted by atomic mass is 35.5. The SMILES string of the molecule is O=C(O)CC(O)(CC(=O)O)C(=O)O.O=C1CCCN1CC1CCCN(CC2(c3ccc(Cl)cc3)CC2)C1. The van der Waals surface area contributed by atoms with E-state index in [1.807, 2.05) is 12.1 Å². The summed E-state index contributed by atoms with van der Waals surface area (Å²) in [6.07, 6.45) is 4.65. The Kier molecular flexibility index (Phi) is 9.55. The van der Waals surface area contributed by atoms with Gasteiger partial charge in [0, 0.05) is 43.0 Å². The van der Waals surface area contributed by atoms with Gasteiger partial charge in [0.15, 0.2) is 5.60 Å². The lowest BCUT2D eigenvalue weighted by molar-refractivity contribution is -0.170. The van der Waals surface area contributed by atoms with Gasteiger partial charge in [-0.1, -0.05) is 23.7 Å². The zero-order valence-electron chi connectivity index (χ0n) is 20.8. The van der Waals surface area contributed by atoms with Crippen LogP contribution >= 0.6 is 11.6 Å². The first-order valence-corrected chi connectivity index (χ1v) is 13.0. The number of piperidine rings is 1. The number of aliphatic carboxylic acids is 3. The van der Waals surface area contributed by atoms with E-state index < -0.39 is 36.4 Å². The molecule has 3 fully saturated rings. The van der Waals surface area contributed by atoms with Crippen molar-refractivity contribution in [1.82, 2.24) is 9.80 Å². The van der Waals surface area contributed by atoms with Crippen molar-refractivity contribution in [2.45, 2.75) is 62.4 Å². The largest absolute Gasteiger partial charge is 0.481 e. The van der Waals surface area contributed by atoms with Crippen molar-refractivity contribution < 1.29 is 39.6 Å². The Morgan fingerprint density at radius 1 is 1.00 bits per heavy atom. The van der Waals surface area contributed by atoms with Gasteiger partial charge in [-0.2, -0.15) is 0 Å². The van der Waals surface area contributed by atoms with Gasteiger partial charge in [-0.3, -0.25) is 14.4 Å². The topological polar surface area (TPSA) is 156 Å². The number of nitrogens with zero attached hydrogens (tertiary/aromatic N) is 2. The van der Waals surface area contributed by atoms with E-state index in [-0.39, 0.29) is 0 Å². The Morgan fingerprint density at radius 3 is 2.11 bits per heavy atom. The van der Waals surface area contributed by atoms with Gasteiger partial charge in [-0.15, -0.1) is 0 Å². The Hall–Kier alpha value is -2.69. The fourth-order valence-corrected chi connectivity index (χ4v) is 5.41. The number of carboxylic acids is 3. The molecule has 2 heterocycles. The maximum absolute atomic E-state index is 11.9. The average molecular weight is 539 g/mol. The lowest BCUT2D eigenvalue weighted by Crippen LogP contribution is -2.44. The van der Waals surface area contributed by atoms with Crippen molar-refractivity contribution in [3.8, 4) is 0 Å². The summed E-state index contributed by atoms with van der Waals surface area (Å²) in [5, 5.41) is 34.6. The molecule has 1 amide bonds. The molecular weight excluding hydrogens is 504 g/mol. The molecule has 1 unspecified atom stereocenters. The van der Waals surface area contributed by atoms with E-state index >= 15 is 0 Å². The third-order valence-electron chi connectivity index (χ3n) is 7.37. The Labute approximate surface area is 220 Å². The van der Waals surface area contributed by atoms with Crippen LogP contribution in [0.1, 0.15) is 56.9 Å². The monoisotopic (exact) mass is 538 g/mol. The summed E-state index contributed by atoms with van der Waals surface area (Å²) in [7, 11) is 0. The van der Waals surface area contributed by atoms with Crippen molar-refractivity contribution in [3.05, 3.63) is 34.9 Å². The van der Waals surface area contributed by atoms with Gasteiger partial charge in [0.25, 0.3) is 0 Å². The van der Waals surface area contributed by atoms with Crippen LogP contribution in [0.25, 0.3) is 0 Å². The maximum atomic E-state index is 11.9. The van der Waals surface area contributed by atoms with E-state index in [0.29, 0.717) is 17.2 Å². The Morgan fingerprint density at radius 2 is 1.62 bits per heavy atom. The molecule has 11 heteroatoms. The normalized spacial score (nSPS) is 21.2. The third kappa shape index (κ3) is 8.15. The highest BCUT2D eigenvalue weighted by Gasteiger charge is 2.46. The average Bonchev–Trinajstić information content (AvgIpc) is 3.47. The number of carbonyl (C=O) groups is 4. The number of amides is 1. The number of benzene rings is 1. The molecule has 0 radical (unpaired) electrons. The quantitative estimate of drug-likeness (QED) is 0.351. The van der Waals surface area contributed by atoms with Gasteiger partial charge in [-0.05, 0) is 62.3 Å². The molecule has 0 spiro atoms. The lowest BCUT2D eigenvalue weighted by Gasteiger charge is -2.36. The van der Waals surface area contributed by atoms with Gasteiger partial charge in [0.2, 0.25) is 5.91 Å². The van der Waals surface area contributed by atoms with E-state index in [0.717, 1.165) is 37.5 Å². The van der Waals surface area contributed by atoms with Gasteiger partial charge in [-0.25, -0.2) is 4.79 Å². The summed E-state index contributed by atoms with van der Waals surface area (Å²) in [6, 6.07) is 8.46. The lowest BCUT2D eigenvalue weighted by atomic mass is 9.92. The third-order valence-corrected chi connectivity index (χ3v) is 7.63. The molecule has 10 nitrogen and oxygen atoms in total. The van der Waals surface area contributed by atoms with Crippen LogP contribution in [-0.2, 0) is 24.6 Å². The van der Waals surface area contributed by atoms with Crippen LogP contribution in [0.2, 0.25) is 5.02 Å². The fourth-order valence-electron chi connectivity index (χ4n) is 5.29. The zero-order chi connectivity index (χ0) is 27.2. The summed E-state index contributed by atoms with van der Waals surface area (Å²) in [5.74, 6) is -4.00. The number of hydrogen-bond acceptors (Lipinski definition) is 6. The number of hydrogen-bond donors (Lipinski definition) is 4. The minimum Gasteiger partial charge on any atom is -0.481 e. The summed E-state index contributed by atoms with van der Waals surface area (Å²) in [6.45, 7) is 5.48. The highest BCUT2D eigenvalue weighted by molar-refractivity contribution is 6.30. The van der Waals surface area contributed by atoms with Crippen molar-refractivity contribution in [3.63, 3.8) is 0 Å². The van der Waals surface area contributed by atoms with E-state index in [2.05, 4.69) is 21.9 Å². The smallest absolute Gasteiger partial charge is 0.336 e. The van der Waals surface area contributed by atoms with Gasteiger partial charge < -0.3 is 30.2 Å². The van der Waals surface area contributed by atoms with Crippen LogP contribution in [0.4, 0.5) is 0 Å². The first kappa shape index (κ1) is 28.9. The molecule has 4 N–H and O–H groups in total. The molecule has 1 atom stereocenters. The second-order valence-electron chi connectivity index (χ2n) is 10.5. The zero-order valence-corrected chi connectivity index (χ0v) is 21.5. The van der Waals surface area contributed by atoms with Crippen LogP contribution in [-0.4, -0.2) is 92.4 Å². The number of rotatable bonds is 10. The summed E-state index contributed by atoms with van der Waals surface area (Å²) >= 11 is 6.04. The van der Waals surface area contributed by atoms with Crippen molar-refractivity contribution in [2.75, 3.05) is 32.7 Å². The van der Waals surface area contributed by atoms with Crippen LogP contribution in [0.5, 0.6) is 0 Å². The Bertz CT molecular complexity index is 979. The molecule has 204 valence electrons. The Balaban J connectivity index is 0.000000251. The second-order valence-corrected chi connectivity index (χ2v) is 10.9. The fraction of sp³-hybridized carbons (Fsp3) is 0.615. The van der Waals surface area contributed by atoms with Gasteiger partial charge >= 0.3 is 17.9 Å². The van der Waals surface area contributed by atoms with Gasteiger partial charge in [0.05, 0.1) is 12.8 Å². The molecule has 2 saturated heterocycles. The summed E-state index contributed by atoms with van der Waals surface area (Å²) < 4.78 is 0. The highest BCUT2D eigenvalue weighted by Crippen LogP contribution is 2.49. The standard InChI is InChI=1S/C20H27ClN2O.C6H8O7/c21-18-7-5-17(6-8-18)20(9-10-20)15-22-11-1-3-16(13-22)14-23-12-2-4-19(23)24;7-3(8)1-6(13,5(11)12)2-4(9)10/h5-8,16H,1-4,9-15H2;13H,1-2H2,(H,7,8)(H,9,10)(H,11,12). The summed E-state index contributed by atoms with van der Waals surface area (Å²) in [4.78, 5) is 47.1. The molecule has 0 bridgehead atoms. The predicted octanol–water partition coefficient (Wildman–Crippen LogP) is 2.46. The molecule has 3 aliphatic rings. The predicted molar refractivity (Wildman–Crippen MR) is 134 cm³/mol. The molecule has 2 aliphatic heterocycles. The van der Waals surface area contributed by atoms with Crippen LogP contribution < -0.4 is 0 Å². The molecule has 4 rings (SSSR count). The van der Waals surface area contributed by atoms with Crippen LogP contribution in [0.15, 0.2) is 24.3 Å². The molecule has 1 saturated carbocycles. The molecule has 1 aliphatic carbocycles. The van der Waals surface area contributed by atoms with Crippen molar-refractivity contribution in [1.29, 1.82) is 0 Å². The molecule has 1 aromatic carbocycles. The van der Waals surface area contributed by atoms with Gasteiger partial charge in [0.1, 0.15) is 0 Å². The number of carbonyl (C=O) groups excluding carboxylic acids is 1. The molecule has 0 aromatic heterocycles. The van der Waals surface area contributed by atoms with Crippen molar-refractivity contribution in [2.24, 2.45) is 5.92 Å². The van der Waals surface area contributed by atoms with Crippen molar-refractivity contribution >= 4 is 35.4 Å². The number of carboxylic acid groups (broad SMARTS) is 3. The van der Waals surface area contributed by atoms with Crippen LogP contribution in [0.3, 0.4) is 0 Å². The van der Waals surface area contributed by atoms with E-state index in [4.69, 9.17) is 32.0 Å². The van der Waals surface area contributed by atoms with E-state index in [9.17, 15) is 19.2 Å². The molecule has 37 heavy (non-hydrogen) atoms. The second kappa shape index (κ2) is 12.2. The van der Waals surface area contributed by atoms with E-state index in [1.54, 1.807) is 0 Å². The number of aliphatic hydroxyl groups is 1. The minimum absolute atomic E-state index is 0.357. The first-order chi connectivity index (χ1) is 17.4. The number of halogens is 1. The van der Waals surface area contributed by atoms with Crippen LogP contribution in [0, 0.1) is 5.92 Å². The minimum atomic E-state index is -2.74. The maximum Gasteiger partial charge on any atom is 0.336 e. The molecule has 1 aromatic rings. The number of likely N-dealkylation sites (tertiary alicyclic amines) is 2. The first-order valence-electron chi connectivity index (χ1n) is 12.6. The molecular formula is C26H35ClN2O8.